The van der Waals surface area contributed by atoms with E-state index in [4.69, 9.17) is 5.73 Å². The molecule has 0 fully saturated rings. The van der Waals surface area contributed by atoms with Gasteiger partial charge in [0.2, 0.25) is 0 Å². The summed E-state index contributed by atoms with van der Waals surface area (Å²) < 4.78 is 0. The Labute approximate surface area is 116 Å². The van der Waals surface area contributed by atoms with Gasteiger partial charge in [0.25, 0.3) is 0 Å². The highest BCUT2D eigenvalue weighted by Gasteiger charge is 2.16. The minimum absolute atomic E-state index is 0.540. The van der Waals surface area contributed by atoms with E-state index in [-0.39, 0.29) is 0 Å². The van der Waals surface area contributed by atoms with Gasteiger partial charge in [-0.3, -0.25) is 0 Å². The summed E-state index contributed by atoms with van der Waals surface area (Å²) in [6.07, 6.45) is 1.81. The smallest absolute Gasteiger partial charge is 0.170 e. The molecule has 4 heteroatoms. The van der Waals surface area contributed by atoms with Crippen molar-refractivity contribution in [1.82, 2.24) is 4.98 Å². The lowest BCUT2D eigenvalue weighted by molar-refractivity contribution is 1.27. The van der Waals surface area contributed by atoms with Crippen LogP contribution in [0.25, 0.3) is 16.7 Å². The molecule has 3 rings (SSSR count). The average molecular weight is 265 g/mol. The summed E-state index contributed by atoms with van der Waals surface area (Å²) in [5.74, 6) is 3.53. The van der Waals surface area contributed by atoms with Gasteiger partial charge in [0.05, 0.1) is 11.3 Å². The van der Waals surface area contributed by atoms with E-state index in [2.05, 4.69) is 28.5 Å². The van der Waals surface area contributed by atoms with Crippen LogP contribution < -0.4 is 5.73 Å². The molecule has 0 bridgehead atoms. The van der Waals surface area contributed by atoms with Crippen LogP contribution in [0.15, 0.2) is 58.7 Å². The number of benzene rings is 1. The standard InChI is InChI=1S/C15H11N3S/c16-14(9-19)13-8-18-15-12(13)6-11(7-17-15)10-4-2-1-3-5-10/h1-7,9,19H,16H2/b14-9-. The second-order valence-electron chi connectivity index (χ2n) is 4.14. The van der Waals surface area contributed by atoms with Gasteiger partial charge in [0.15, 0.2) is 5.82 Å². The van der Waals surface area contributed by atoms with Gasteiger partial charge in [-0.05, 0) is 17.0 Å². The molecule has 1 aliphatic heterocycles. The Morgan fingerprint density at radius 3 is 2.74 bits per heavy atom. The van der Waals surface area contributed by atoms with Crippen molar-refractivity contribution in [1.29, 1.82) is 0 Å². The summed E-state index contributed by atoms with van der Waals surface area (Å²) in [6.45, 7) is 0. The van der Waals surface area contributed by atoms with Crippen molar-refractivity contribution in [3.05, 3.63) is 59.3 Å². The third-order valence-corrected chi connectivity index (χ3v) is 3.22. The van der Waals surface area contributed by atoms with Crippen molar-refractivity contribution in [3.63, 3.8) is 0 Å². The Morgan fingerprint density at radius 1 is 1.21 bits per heavy atom. The summed E-state index contributed by atoms with van der Waals surface area (Å²) in [5, 5.41) is 1.54. The molecule has 0 saturated heterocycles. The molecule has 0 radical (unpaired) electrons. The number of thiol groups is 1. The van der Waals surface area contributed by atoms with Gasteiger partial charge in [0.1, 0.15) is 0 Å². The number of allylic oxidation sites excluding steroid dienone is 1. The Hall–Kier alpha value is -2.29. The van der Waals surface area contributed by atoms with Crippen molar-refractivity contribution in [2.45, 2.75) is 0 Å². The van der Waals surface area contributed by atoms with E-state index in [1.54, 1.807) is 5.41 Å². The first-order valence-corrected chi connectivity index (χ1v) is 6.31. The molecule has 1 aromatic heterocycles. The van der Waals surface area contributed by atoms with Gasteiger partial charge in [-0.2, -0.15) is 4.99 Å². The van der Waals surface area contributed by atoms with Crippen LogP contribution in [0.2, 0.25) is 0 Å². The number of aromatic nitrogens is 1. The minimum atomic E-state index is 0.540. The van der Waals surface area contributed by atoms with Crippen LogP contribution in [0.3, 0.4) is 0 Å². The first-order valence-electron chi connectivity index (χ1n) is 5.79. The monoisotopic (exact) mass is 265 g/mol. The number of nitrogens with two attached hydrogens (primary N) is 1. The minimum Gasteiger partial charge on any atom is -0.397 e. The first kappa shape index (κ1) is 11.8. The molecule has 0 unspecified atom stereocenters. The fourth-order valence-corrected chi connectivity index (χ4v) is 2.10. The summed E-state index contributed by atoms with van der Waals surface area (Å²) in [6, 6.07) is 12.1. The largest absolute Gasteiger partial charge is 0.397 e. The molecule has 19 heavy (non-hydrogen) atoms. The molecule has 92 valence electrons. The Bertz CT molecular complexity index is 726. The molecule has 1 aliphatic rings. The number of pyridine rings is 1. The Kier molecular flexibility index (Phi) is 2.95. The molecular weight excluding hydrogens is 254 g/mol. The zero-order chi connectivity index (χ0) is 13.2. The number of fused-ring (bicyclic) bond motifs is 1. The molecule has 2 heterocycles. The van der Waals surface area contributed by atoms with Crippen molar-refractivity contribution in [2.75, 3.05) is 0 Å². The maximum Gasteiger partial charge on any atom is 0.170 e. The van der Waals surface area contributed by atoms with Gasteiger partial charge in [0, 0.05) is 23.2 Å². The molecule has 0 saturated carbocycles. The Balaban J connectivity index is 2.09. The van der Waals surface area contributed by atoms with E-state index in [0.717, 1.165) is 22.3 Å². The van der Waals surface area contributed by atoms with Crippen LogP contribution in [0, 0.1) is 0 Å². The maximum atomic E-state index is 5.88. The lowest BCUT2D eigenvalue weighted by atomic mass is 10.0. The van der Waals surface area contributed by atoms with E-state index < -0.39 is 0 Å². The predicted molar refractivity (Wildman–Crippen MR) is 81.4 cm³/mol. The van der Waals surface area contributed by atoms with E-state index in [9.17, 15) is 0 Å². The highest BCUT2D eigenvalue weighted by atomic mass is 32.1. The third kappa shape index (κ3) is 2.08. The molecule has 2 N–H and O–H groups in total. The molecule has 0 amide bonds. The SMILES string of the molecule is N/C(=C\S)C1=C=Nc2ncc(-c3ccccc3)cc21. The number of aliphatic imine (C=N–C) groups is 1. The summed E-state index contributed by atoms with van der Waals surface area (Å²) in [4.78, 5) is 8.48. The number of nitrogens with zero attached hydrogens (tertiary/aromatic N) is 2. The van der Waals surface area contributed by atoms with Gasteiger partial charge in [-0.15, -0.1) is 12.6 Å². The van der Waals surface area contributed by atoms with Crippen molar-refractivity contribution in [2.24, 2.45) is 10.7 Å². The highest BCUT2D eigenvalue weighted by molar-refractivity contribution is 7.83. The second-order valence-corrected chi connectivity index (χ2v) is 4.40. The van der Waals surface area contributed by atoms with Crippen LogP contribution in [0.1, 0.15) is 5.56 Å². The van der Waals surface area contributed by atoms with Crippen LogP contribution in [0.4, 0.5) is 5.82 Å². The molecule has 1 aromatic carbocycles. The average Bonchev–Trinajstić information content (AvgIpc) is 2.90. The van der Waals surface area contributed by atoms with E-state index in [0.29, 0.717) is 11.5 Å². The molecule has 0 atom stereocenters. The predicted octanol–water partition coefficient (Wildman–Crippen LogP) is 3.18. The van der Waals surface area contributed by atoms with Crippen LogP contribution in [0.5, 0.6) is 0 Å². The molecule has 2 aromatic rings. The summed E-state index contributed by atoms with van der Waals surface area (Å²) >= 11 is 4.07. The second kappa shape index (κ2) is 4.76. The zero-order valence-electron chi connectivity index (χ0n) is 10.0. The number of rotatable bonds is 2. The molecular formula is C15H11N3S. The topological polar surface area (TPSA) is 51.3 Å². The molecule has 0 aliphatic carbocycles. The fraction of sp³-hybridized carbons (Fsp3) is 0. The summed E-state index contributed by atoms with van der Waals surface area (Å²) in [7, 11) is 0. The van der Waals surface area contributed by atoms with Crippen molar-refractivity contribution >= 4 is 29.9 Å². The Morgan fingerprint density at radius 2 is 2.00 bits per heavy atom. The van der Waals surface area contributed by atoms with Crippen LogP contribution >= 0.6 is 12.6 Å². The van der Waals surface area contributed by atoms with Gasteiger partial charge in [-0.1, -0.05) is 30.3 Å². The van der Waals surface area contributed by atoms with Crippen LogP contribution in [-0.2, 0) is 0 Å². The van der Waals surface area contributed by atoms with Gasteiger partial charge in [-0.25, -0.2) is 4.98 Å². The van der Waals surface area contributed by atoms with Crippen molar-refractivity contribution < 1.29 is 0 Å². The number of hydrogen-bond acceptors (Lipinski definition) is 4. The summed E-state index contributed by atoms with van der Waals surface area (Å²) in [5.41, 5.74) is 10.2. The van der Waals surface area contributed by atoms with Crippen LogP contribution in [-0.4, -0.2) is 10.9 Å². The number of hydrogen-bond donors (Lipinski definition) is 2. The maximum absolute atomic E-state index is 5.88. The molecule has 3 nitrogen and oxygen atoms in total. The quantitative estimate of drug-likeness (QED) is 0.819. The van der Waals surface area contributed by atoms with E-state index in [1.807, 2.05) is 42.6 Å². The normalized spacial score (nSPS) is 13.3. The van der Waals surface area contributed by atoms with Gasteiger partial charge >= 0.3 is 0 Å². The van der Waals surface area contributed by atoms with Crippen molar-refractivity contribution in [3.8, 4) is 11.1 Å². The van der Waals surface area contributed by atoms with E-state index >= 15 is 0 Å². The van der Waals surface area contributed by atoms with E-state index in [1.165, 1.54) is 0 Å². The lowest BCUT2D eigenvalue weighted by Crippen LogP contribution is -1.99. The third-order valence-electron chi connectivity index (χ3n) is 2.94. The van der Waals surface area contributed by atoms with Gasteiger partial charge < -0.3 is 5.73 Å². The zero-order valence-corrected chi connectivity index (χ0v) is 10.9. The lowest BCUT2D eigenvalue weighted by Gasteiger charge is -2.06. The highest BCUT2D eigenvalue weighted by Crippen LogP contribution is 2.33. The first-order chi connectivity index (χ1) is 9.29. The fourth-order valence-electron chi connectivity index (χ4n) is 1.97. The molecule has 0 spiro atoms.